The van der Waals surface area contributed by atoms with Gasteiger partial charge in [0, 0.05) is 10.4 Å². The summed E-state index contributed by atoms with van der Waals surface area (Å²) in [4.78, 5) is 14.5. The van der Waals surface area contributed by atoms with Crippen molar-refractivity contribution in [3.63, 3.8) is 0 Å². The van der Waals surface area contributed by atoms with Crippen molar-refractivity contribution >= 4 is 17.1 Å². The van der Waals surface area contributed by atoms with Gasteiger partial charge in [0.25, 0.3) is 0 Å². The number of ketones is 1. The first kappa shape index (κ1) is 12.6. The maximum absolute atomic E-state index is 12.4. The number of benzene rings is 1. The van der Waals surface area contributed by atoms with E-state index in [1.165, 1.54) is 35.3 Å². The SMILES string of the molecule is Cc1cc(C(=O)c2ccc(C3CCC3)cc2)sc1C. The van der Waals surface area contributed by atoms with Crippen molar-refractivity contribution in [1.82, 2.24) is 0 Å². The van der Waals surface area contributed by atoms with Crippen LogP contribution in [0.4, 0.5) is 0 Å². The summed E-state index contributed by atoms with van der Waals surface area (Å²) in [5.41, 5.74) is 3.41. The van der Waals surface area contributed by atoms with Crippen molar-refractivity contribution in [2.45, 2.75) is 39.0 Å². The molecule has 1 aliphatic rings. The Kier molecular flexibility index (Phi) is 3.28. The van der Waals surface area contributed by atoms with Crippen LogP contribution in [0.3, 0.4) is 0 Å². The van der Waals surface area contributed by atoms with Gasteiger partial charge < -0.3 is 0 Å². The van der Waals surface area contributed by atoms with E-state index in [-0.39, 0.29) is 5.78 Å². The fourth-order valence-electron chi connectivity index (χ4n) is 2.48. The van der Waals surface area contributed by atoms with Gasteiger partial charge in [0.1, 0.15) is 0 Å². The first-order valence-electron chi connectivity index (χ1n) is 6.87. The maximum Gasteiger partial charge on any atom is 0.202 e. The fraction of sp³-hybridized carbons (Fsp3) is 0.353. The number of hydrogen-bond donors (Lipinski definition) is 0. The van der Waals surface area contributed by atoms with Crippen molar-refractivity contribution in [3.05, 3.63) is 56.8 Å². The molecular formula is C17H18OS. The van der Waals surface area contributed by atoms with Gasteiger partial charge in [-0.2, -0.15) is 0 Å². The summed E-state index contributed by atoms with van der Waals surface area (Å²) in [5.74, 6) is 0.886. The zero-order valence-electron chi connectivity index (χ0n) is 11.4. The smallest absolute Gasteiger partial charge is 0.202 e. The van der Waals surface area contributed by atoms with E-state index in [1.807, 2.05) is 18.2 Å². The van der Waals surface area contributed by atoms with Crippen LogP contribution in [0.15, 0.2) is 30.3 Å². The molecule has 0 unspecified atom stereocenters. The molecule has 0 atom stereocenters. The molecule has 0 spiro atoms. The Morgan fingerprint density at radius 1 is 1.16 bits per heavy atom. The third-order valence-electron chi connectivity index (χ3n) is 4.14. The van der Waals surface area contributed by atoms with Crippen LogP contribution < -0.4 is 0 Å². The Balaban J connectivity index is 1.83. The molecular weight excluding hydrogens is 252 g/mol. The van der Waals surface area contributed by atoms with E-state index in [4.69, 9.17) is 0 Å². The van der Waals surface area contributed by atoms with Crippen LogP contribution in [0.25, 0.3) is 0 Å². The lowest BCUT2D eigenvalue weighted by molar-refractivity contribution is 0.104. The van der Waals surface area contributed by atoms with E-state index in [0.29, 0.717) is 0 Å². The number of rotatable bonds is 3. The van der Waals surface area contributed by atoms with Crippen LogP contribution in [-0.2, 0) is 0 Å². The molecule has 0 radical (unpaired) electrons. The van der Waals surface area contributed by atoms with E-state index in [9.17, 15) is 4.79 Å². The lowest BCUT2D eigenvalue weighted by Crippen LogP contribution is -2.09. The summed E-state index contributed by atoms with van der Waals surface area (Å²) in [5, 5.41) is 0. The molecule has 1 heterocycles. The second kappa shape index (κ2) is 4.93. The molecule has 1 aliphatic carbocycles. The molecule has 1 fully saturated rings. The molecule has 2 aromatic rings. The third-order valence-corrected chi connectivity index (χ3v) is 5.29. The normalized spacial score (nSPS) is 15.3. The van der Waals surface area contributed by atoms with E-state index in [1.54, 1.807) is 11.3 Å². The maximum atomic E-state index is 12.4. The second-order valence-corrected chi connectivity index (χ2v) is 6.69. The molecule has 1 nitrogen and oxygen atoms in total. The van der Waals surface area contributed by atoms with E-state index >= 15 is 0 Å². The Labute approximate surface area is 118 Å². The second-order valence-electron chi connectivity index (χ2n) is 5.43. The third kappa shape index (κ3) is 2.37. The number of hydrogen-bond acceptors (Lipinski definition) is 2. The summed E-state index contributed by atoms with van der Waals surface area (Å²) in [6.45, 7) is 4.12. The number of thiophene rings is 1. The standard InChI is InChI=1S/C17H18OS/c1-11-10-16(19-12(11)2)17(18)15-8-6-14(7-9-15)13-4-3-5-13/h6-10,13H,3-5H2,1-2H3. The highest BCUT2D eigenvalue weighted by molar-refractivity contribution is 7.14. The summed E-state index contributed by atoms with van der Waals surface area (Å²) >= 11 is 1.59. The fourth-order valence-corrected chi connectivity index (χ4v) is 3.47. The van der Waals surface area contributed by atoms with Gasteiger partial charge in [-0.25, -0.2) is 0 Å². The largest absolute Gasteiger partial charge is 0.288 e. The van der Waals surface area contributed by atoms with Crippen molar-refractivity contribution in [2.75, 3.05) is 0 Å². The van der Waals surface area contributed by atoms with Crippen molar-refractivity contribution < 1.29 is 4.79 Å². The summed E-state index contributed by atoms with van der Waals surface area (Å²) in [6.07, 6.45) is 3.95. The first-order chi connectivity index (χ1) is 9.15. The predicted molar refractivity (Wildman–Crippen MR) is 80.3 cm³/mol. The monoisotopic (exact) mass is 270 g/mol. The van der Waals surface area contributed by atoms with Gasteiger partial charge in [0.2, 0.25) is 5.78 Å². The molecule has 1 saturated carbocycles. The summed E-state index contributed by atoms with van der Waals surface area (Å²) < 4.78 is 0. The Morgan fingerprint density at radius 2 is 1.84 bits per heavy atom. The molecule has 1 aromatic carbocycles. The van der Waals surface area contributed by atoms with Gasteiger partial charge in [-0.1, -0.05) is 30.7 Å². The Bertz CT molecular complexity index is 583. The lowest BCUT2D eigenvalue weighted by atomic mass is 9.80. The van der Waals surface area contributed by atoms with Gasteiger partial charge in [-0.3, -0.25) is 4.79 Å². The highest BCUT2D eigenvalue weighted by Crippen LogP contribution is 2.36. The van der Waals surface area contributed by atoms with Gasteiger partial charge in [-0.05, 0) is 49.8 Å². The van der Waals surface area contributed by atoms with Crippen molar-refractivity contribution in [2.24, 2.45) is 0 Å². The van der Waals surface area contributed by atoms with Crippen molar-refractivity contribution in [1.29, 1.82) is 0 Å². The van der Waals surface area contributed by atoms with Gasteiger partial charge >= 0.3 is 0 Å². The molecule has 3 rings (SSSR count). The molecule has 2 heteroatoms. The van der Waals surface area contributed by atoms with E-state index in [2.05, 4.69) is 26.0 Å². The highest BCUT2D eigenvalue weighted by atomic mass is 32.1. The van der Waals surface area contributed by atoms with Crippen molar-refractivity contribution in [3.8, 4) is 0 Å². The van der Waals surface area contributed by atoms with Crippen LogP contribution in [0.5, 0.6) is 0 Å². The van der Waals surface area contributed by atoms with Crippen LogP contribution in [0.2, 0.25) is 0 Å². The zero-order valence-corrected chi connectivity index (χ0v) is 12.2. The van der Waals surface area contributed by atoms with Gasteiger partial charge in [0.05, 0.1) is 4.88 Å². The van der Waals surface area contributed by atoms with Crippen LogP contribution >= 0.6 is 11.3 Å². The minimum Gasteiger partial charge on any atom is -0.288 e. The van der Waals surface area contributed by atoms with E-state index < -0.39 is 0 Å². The van der Waals surface area contributed by atoms with Crippen LogP contribution in [0.1, 0.15) is 56.4 Å². The Morgan fingerprint density at radius 3 is 2.32 bits per heavy atom. The minimum absolute atomic E-state index is 0.154. The molecule has 1 aromatic heterocycles. The average Bonchev–Trinajstić information content (AvgIpc) is 2.68. The first-order valence-corrected chi connectivity index (χ1v) is 7.68. The number of carbonyl (C=O) groups excluding carboxylic acids is 1. The highest BCUT2D eigenvalue weighted by Gasteiger charge is 2.20. The molecule has 0 N–H and O–H groups in total. The van der Waals surface area contributed by atoms with Crippen LogP contribution in [-0.4, -0.2) is 5.78 Å². The molecule has 0 amide bonds. The molecule has 19 heavy (non-hydrogen) atoms. The molecule has 0 aliphatic heterocycles. The van der Waals surface area contributed by atoms with E-state index in [0.717, 1.165) is 16.4 Å². The minimum atomic E-state index is 0.154. The predicted octanol–water partition coefficient (Wildman–Crippen LogP) is 4.86. The average molecular weight is 270 g/mol. The zero-order chi connectivity index (χ0) is 13.4. The molecule has 0 saturated heterocycles. The number of carbonyl (C=O) groups is 1. The quantitative estimate of drug-likeness (QED) is 0.728. The summed E-state index contributed by atoms with van der Waals surface area (Å²) in [7, 11) is 0. The van der Waals surface area contributed by atoms with Crippen LogP contribution in [0, 0.1) is 13.8 Å². The van der Waals surface area contributed by atoms with Gasteiger partial charge in [-0.15, -0.1) is 11.3 Å². The number of aryl methyl sites for hydroxylation is 2. The summed E-state index contributed by atoms with van der Waals surface area (Å²) in [6, 6.07) is 10.2. The lowest BCUT2D eigenvalue weighted by Gasteiger charge is -2.25. The molecule has 0 bridgehead atoms. The van der Waals surface area contributed by atoms with Gasteiger partial charge in [0.15, 0.2) is 0 Å². The molecule has 98 valence electrons. The topological polar surface area (TPSA) is 17.1 Å². The Hall–Kier alpha value is -1.41.